The molecule has 94 valence electrons. The summed E-state index contributed by atoms with van der Waals surface area (Å²) >= 11 is 1.70. The van der Waals surface area contributed by atoms with Gasteiger partial charge >= 0.3 is 0 Å². The van der Waals surface area contributed by atoms with Gasteiger partial charge in [-0.25, -0.2) is 4.98 Å². The van der Waals surface area contributed by atoms with E-state index in [0.717, 1.165) is 30.5 Å². The summed E-state index contributed by atoms with van der Waals surface area (Å²) in [7, 11) is 2.13. The summed E-state index contributed by atoms with van der Waals surface area (Å²) in [4.78, 5) is 7.06. The third kappa shape index (κ3) is 2.32. The van der Waals surface area contributed by atoms with Crippen LogP contribution in [0.3, 0.4) is 0 Å². The lowest BCUT2D eigenvalue weighted by Gasteiger charge is -2.31. The standard InChI is InChI=1S/C14H16N2OS/c1-16-7-8-17-9-13(16)12-10-18-14(15-12)11-5-3-2-4-6-11/h2-6,10,13H,7-9H2,1H3/t13-/m1/s1. The highest BCUT2D eigenvalue weighted by molar-refractivity contribution is 7.13. The van der Waals surface area contributed by atoms with Gasteiger partial charge in [-0.3, -0.25) is 4.90 Å². The lowest BCUT2D eigenvalue weighted by molar-refractivity contribution is 0.00376. The Balaban J connectivity index is 1.85. The lowest BCUT2D eigenvalue weighted by Crippen LogP contribution is -2.36. The minimum atomic E-state index is 0.299. The van der Waals surface area contributed by atoms with Gasteiger partial charge in [0.25, 0.3) is 0 Å². The molecule has 1 aliphatic rings. The molecule has 1 atom stereocenters. The Labute approximate surface area is 111 Å². The maximum atomic E-state index is 5.54. The van der Waals surface area contributed by atoms with Crippen LogP contribution in [0.2, 0.25) is 0 Å². The van der Waals surface area contributed by atoms with Gasteiger partial charge in [0.15, 0.2) is 0 Å². The summed E-state index contributed by atoms with van der Waals surface area (Å²) < 4.78 is 5.54. The number of morpholine rings is 1. The van der Waals surface area contributed by atoms with Crippen molar-refractivity contribution in [2.45, 2.75) is 6.04 Å². The second kappa shape index (κ2) is 5.18. The first-order chi connectivity index (χ1) is 8.84. The molecule has 0 amide bonds. The Morgan fingerprint density at radius 3 is 2.94 bits per heavy atom. The molecule has 1 fully saturated rings. The highest BCUT2D eigenvalue weighted by Gasteiger charge is 2.23. The highest BCUT2D eigenvalue weighted by Crippen LogP contribution is 2.29. The minimum absolute atomic E-state index is 0.299. The summed E-state index contributed by atoms with van der Waals surface area (Å²) in [5.74, 6) is 0. The molecule has 0 N–H and O–H groups in total. The van der Waals surface area contributed by atoms with Gasteiger partial charge in [0.1, 0.15) is 5.01 Å². The Bertz CT molecular complexity index is 512. The quantitative estimate of drug-likeness (QED) is 0.830. The normalized spacial score (nSPS) is 21.1. The van der Waals surface area contributed by atoms with Gasteiger partial charge in [0.05, 0.1) is 24.9 Å². The fourth-order valence-electron chi connectivity index (χ4n) is 2.15. The van der Waals surface area contributed by atoms with Crippen LogP contribution in [0.4, 0.5) is 0 Å². The number of benzene rings is 1. The maximum Gasteiger partial charge on any atom is 0.123 e. The summed E-state index contributed by atoms with van der Waals surface area (Å²) in [5.41, 5.74) is 2.31. The average molecular weight is 260 g/mol. The van der Waals surface area contributed by atoms with Crippen LogP contribution in [0.15, 0.2) is 35.7 Å². The fraction of sp³-hybridized carbons (Fsp3) is 0.357. The molecule has 3 nitrogen and oxygen atoms in total. The summed E-state index contributed by atoms with van der Waals surface area (Å²) in [6, 6.07) is 10.6. The fourth-order valence-corrected chi connectivity index (χ4v) is 3.02. The van der Waals surface area contributed by atoms with Crippen molar-refractivity contribution in [2.75, 3.05) is 26.8 Å². The number of rotatable bonds is 2. The van der Waals surface area contributed by atoms with E-state index in [4.69, 9.17) is 9.72 Å². The van der Waals surface area contributed by atoms with Gasteiger partial charge in [0.2, 0.25) is 0 Å². The number of hydrogen-bond acceptors (Lipinski definition) is 4. The zero-order valence-corrected chi connectivity index (χ0v) is 11.2. The smallest absolute Gasteiger partial charge is 0.123 e. The predicted octanol–water partition coefficient (Wildman–Crippen LogP) is 2.81. The van der Waals surface area contributed by atoms with Crippen molar-refractivity contribution in [1.82, 2.24) is 9.88 Å². The topological polar surface area (TPSA) is 25.4 Å². The second-order valence-corrected chi connectivity index (χ2v) is 5.37. The molecule has 2 heterocycles. The maximum absolute atomic E-state index is 5.54. The van der Waals surface area contributed by atoms with E-state index in [2.05, 4.69) is 29.5 Å². The van der Waals surface area contributed by atoms with E-state index in [1.54, 1.807) is 11.3 Å². The van der Waals surface area contributed by atoms with Crippen molar-refractivity contribution in [3.8, 4) is 10.6 Å². The molecule has 18 heavy (non-hydrogen) atoms. The third-order valence-corrected chi connectivity index (χ3v) is 4.19. The number of likely N-dealkylation sites (N-methyl/N-ethyl adjacent to an activating group) is 1. The molecule has 1 aromatic carbocycles. The number of thiazole rings is 1. The van der Waals surface area contributed by atoms with E-state index in [9.17, 15) is 0 Å². The van der Waals surface area contributed by atoms with E-state index in [-0.39, 0.29) is 0 Å². The molecule has 3 rings (SSSR count). The number of nitrogens with zero attached hydrogens (tertiary/aromatic N) is 2. The van der Waals surface area contributed by atoms with Crippen LogP contribution in [0.1, 0.15) is 11.7 Å². The van der Waals surface area contributed by atoms with Crippen molar-refractivity contribution < 1.29 is 4.74 Å². The van der Waals surface area contributed by atoms with E-state index < -0.39 is 0 Å². The van der Waals surface area contributed by atoms with Gasteiger partial charge in [-0.05, 0) is 7.05 Å². The predicted molar refractivity (Wildman–Crippen MR) is 73.7 cm³/mol. The molecule has 4 heteroatoms. The SMILES string of the molecule is CN1CCOC[C@@H]1c1csc(-c2ccccc2)n1. The van der Waals surface area contributed by atoms with Crippen LogP contribution in [-0.2, 0) is 4.74 Å². The largest absolute Gasteiger partial charge is 0.378 e. The molecule has 1 saturated heterocycles. The third-order valence-electron chi connectivity index (χ3n) is 3.28. The molecule has 0 spiro atoms. The Morgan fingerprint density at radius 2 is 2.17 bits per heavy atom. The molecule has 2 aromatic rings. The zero-order valence-electron chi connectivity index (χ0n) is 10.4. The van der Waals surface area contributed by atoms with Crippen LogP contribution >= 0.6 is 11.3 Å². The van der Waals surface area contributed by atoms with Crippen molar-refractivity contribution in [3.63, 3.8) is 0 Å². The average Bonchev–Trinajstić information content (AvgIpc) is 2.90. The molecule has 0 bridgehead atoms. The Morgan fingerprint density at radius 1 is 1.33 bits per heavy atom. The lowest BCUT2D eigenvalue weighted by atomic mass is 10.2. The van der Waals surface area contributed by atoms with Gasteiger partial charge in [-0.2, -0.15) is 0 Å². The summed E-state index contributed by atoms with van der Waals surface area (Å²) in [6.07, 6.45) is 0. The van der Waals surface area contributed by atoms with E-state index in [1.165, 1.54) is 5.56 Å². The molecule has 0 radical (unpaired) electrons. The molecule has 0 unspecified atom stereocenters. The van der Waals surface area contributed by atoms with Crippen LogP contribution in [0.5, 0.6) is 0 Å². The number of ether oxygens (including phenoxy) is 1. The number of hydrogen-bond donors (Lipinski definition) is 0. The van der Waals surface area contributed by atoms with Crippen LogP contribution < -0.4 is 0 Å². The summed E-state index contributed by atoms with van der Waals surface area (Å²) in [5, 5.41) is 3.24. The van der Waals surface area contributed by atoms with Crippen molar-refractivity contribution in [3.05, 3.63) is 41.4 Å². The van der Waals surface area contributed by atoms with Crippen LogP contribution in [0, 0.1) is 0 Å². The van der Waals surface area contributed by atoms with Gasteiger partial charge in [-0.1, -0.05) is 30.3 Å². The van der Waals surface area contributed by atoms with Gasteiger partial charge in [-0.15, -0.1) is 11.3 Å². The molecular weight excluding hydrogens is 244 g/mol. The molecule has 1 aromatic heterocycles. The van der Waals surface area contributed by atoms with Crippen LogP contribution in [-0.4, -0.2) is 36.7 Å². The van der Waals surface area contributed by atoms with Crippen LogP contribution in [0.25, 0.3) is 10.6 Å². The second-order valence-electron chi connectivity index (χ2n) is 4.51. The Kier molecular flexibility index (Phi) is 3.41. The first-order valence-electron chi connectivity index (χ1n) is 6.13. The summed E-state index contributed by atoms with van der Waals surface area (Å²) in [6.45, 7) is 2.54. The van der Waals surface area contributed by atoms with Crippen molar-refractivity contribution in [1.29, 1.82) is 0 Å². The molecule has 1 aliphatic heterocycles. The van der Waals surface area contributed by atoms with E-state index in [0.29, 0.717) is 6.04 Å². The van der Waals surface area contributed by atoms with Gasteiger partial charge < -0.3 is 4.74 Å². The monoisotopic (exact) mass is 260 g/mol. The molecule has 0 aliphatic carbocycles. The van der Waals surface area contributed by atoms with Crippen molar-refractivity contribution >= 4 is 11.3 Å². The zero-order chi connectivity index (χ0) is 12.4. The van der Waals surface area contributed by atoms with Gasteiger partial charge in [0, 0.05) is 17.5 Å². The Hall–Kier alpha value is -1.23. The van der Waals surface area contributed by atoms with E-state index >= 15 is 0 Å². The van der Waals surface area contributed by atoms with Crippen molar-refractivity contribution in [2.24, 2.45) is 0 Å². The first-order valence-corrected chi connectivity index (χ1v) is 7.01. The minimum Gasteiger partial charge on any atom is -0.378 e. The van der Waals surface area contributed by atoms with E-state index in [1.807, 2.05) is 18.2 Å². The number of aromatic nitrogens is 1. The first kappa shape index (κ1) is 11.8. The molecule has 0 saturated carbocycles. The molecular formula is C14H16N2OS. The highest BCUT2D eigenvalue weighted by atomic mass is 32.1.